The summed E-state index contributed by atoms with van der Waals surface area (Å²) < 4.78 is 4.73. The van der Waals surface area contributed by atoms with Gasteiger partial charge in [-0.2, -0.15) is 0 Å². The van der Waals surface area contributed by atoms with Crippen LogP contribution in [0, 0.1) is 0 Å². The lowest BCUT2D eigenvalue weighted by Crippen LogP contribution is -2.01. The van der Waals surface area contributed by atoms with Crippen molar-refractivity contribution in [3.05, 3.63) is 107 Å². The summed E-state index contributed by atoms with van der Waals surface area (Å²) >= 11 is 0. The Kier molecular flexibility index (Phi) is 6.21. The van der Waals surface area contributed by atoms with Crippen LogP contribution >= 0.6 is 0 Å². The molecular formula is C24H24O2. The third-order valence-corrected chi connectivity index (χ3v) is 4.61. The summed E-state index contributed by atoms with van der Waals surface area (Å²) in [5, 5.41) is 0. The van der Waals surface area contributed by atoms with Crippen molar-refractivity contribution in [3.8, 4) is 0 Å². The molecule has 3 rings (SSSR count). The molecule has 0 atom stereocenters. The lowest BCUT2D eigenvalue weighted by Gasteiger charge is -2.07. The summed E-state index contributed by atoms with van der Waals surface area (Å²) in [5.74, 6) is -0.289. The van der Waals surface area contributed by atoms with Crippen molar-refractivity contribution in [1.29, 1.82) is 0 Å². The Morgan fingerprint density at radius 1 is 0.654 bits per heavy atom. The first-order valence-corrected chi connectivity index (χ1v) is 9.03. The van der Waals surface area contributed by atoms with E-state index in [1.165, 1.54) is 29.4 Å². The molecule has 0 aliphatic heterocycles. The van der Waals surface area contributed by atoms with Gasteiger partial charge in [0.05, 0.1) is 12.7 Å². The van der Waals surface area contributed by atoms with Gasteiger partial charge in [-0.25, -0.2) is 4.79 Å². The van der Waals surface area contributed by atoms with Gasteiger partial charge in [-0.05, 0) is 60.1 Å². The maximum atomic E-state index is 11.5. The second-order valence-electron chi connectivity index (χ2n) is 6.49. The predicted octanol–water partition coefficient (Wildman–Crippen LogP) is 5.04. The molecule has 2 heteroatoms. The van der Waals surface area contributed by atoms with E-state index in [1.54, 1.807) is 0 Å². The number of carbonyl (C=O) groups is 1. The van der Waals surface area contributed by atoms with E-state index in [-0.39, 0.29) is 5.97 Å². The second kappa shape index (κ2) is 9.00. The Morgan fingerprint density at radius 3 is 1.73 bits per heavy atom. The van der Waals surface area contributed by atoms with Crippen LogP contribution in [0.5, 0.6) is 0 Å². The minimum atomic E-state index is -0.289. The highest BCUT2D eigenvalue weighted by atomic mass is 16.5. The van der Waals surface area contributed by atoms with Crippen molar-refractivity contribution in [2.75, 3.05) is 7.11 Å². The van der Waals surface area contributed by atoms with Crippen LogP contribution in [-0.2, 0) is 30.4 Å². The summed E-state index contributed by atoms with van der Waals surface area (Å²) in [7, 11) is 1.40. The van der Waals surface area contributed by atoms with Crippen molar-refractivity contribution < 1.29 is 9.53 Å². The van der Waals surface area contributed by atoms with Gasteiger partial charge >= 0.3 is 5.97 Å². The van der Waals surface area contributed by atoms with E-state index < -0.39 is 0 Å². The average Bonchev–Trinajstić information content (AvgIpc) is 2.71. The molecule has 0 bridgehead atoms. The highest BCUT2D eigenvalue weighted by Gasteiger charge is 2.05. The summed E-state index contributed by atoms with van der Waals surface area (Å²) in [6.45, 7) is 0. The van der Waals surface area contributed by atoms with Crippen molar-refractivity contribution in [2.45, 2.75) is 25.7 Å². The van der Waals surface area contributed by atoms with Crippen LogP contribution in [-0.4, -0.2) is 13.1 Å². The highest BCUT2D eigenvalue weighted by molar-refractivity contribution is 5.89. The number of aryl methyl sites for hydroxylation is 4. The lowest BCUT2D eigenvalue weighted by molar-refractivity contribution is 0.0600. The summed E-state index contributed by atoms with van der Waals surface area (Å²) in [6, 6.07) is 27.1. The zero-order valence-electron chi connectivity index (χ0n) is 15.2. The largest absolute Gasteiger partial charge is 0.465 e. The monoisotopic (exact) mass is 344 g/mol. The quantitative estimate of drug-likeness (QED) is 0.561. The van der Waals surface area contributed by atoms with E-state index in [1.807, 2.05) is 24.3 Å². The molecule has 0 aromatic heterocycles. The van der Waals surface area contributed by atoms with Gasteiger partial charge < -0.3 is 4.74 Å². The summed E-state index contributed by atoms with van der Waals surface area (Å²) in [5.41, 5.74) is 5.94. The number of esters is 1. The minimum absolute atomic E-state index is 0.289. The van der Waals surface area contributed by atoms with E-state index in [0.717, 1.165) is 25.7 Å². The molecule has 0 N–H and O–H groups in total. The van der Waals surface area contributed by atoms with Crippen LogP contribution in [0.4, 0.5) is 0 Å². The molecule has 0 aliphatic rings. The third-order valence-electron chi connectivity index (χ3n) is 4.61. The Labute approximate surface area is 155 Å². The molecule has 0 spiro atoms. The van der Waals surface area contributed by atoms with Crippen molar-refractivity contribution >= 4 is 5.97 Å². The fourth-order valence-electron chi connectivity index (χ4n) is 3.09. The van der Waals surface area contributed by atoms with E-state index in [9.17, 15) is 4.79 Å². The van der Waals surface area contributed by atoms with Crippen LogP contribution in [0.1, 0.15) is 32.6 Å². The predicted molar refractivity (Wildman–Crippen MR) is 105 cm³/mol. The van der Waals surface area contributed by atoms with E-state index in [0.29, 0.717) is 5.56 Å². The Morgan fingerprint density at radius 2 is 1.15 bits per heavy atom. The van der Waals surface area contributed by atoms with Crippen LogP contribution in [0.2, 0.25) is 0 Å². The fourth-order valence-corrected chi connectivity index (χ4v) is 3.09. The van der Waals surface area contributed by atoms with Gasteiger partial charge in [0.25, 0.3) is 0 Å². The lowest BCUT2D eigenvalue weighted by atomic mass is 9.99. The van der Waals surface area contributed by atoms with E-state index >= 15 is 0 Å². The summed E-state index contributed by atoms with van der Waals surface area (Å²) in [6.07, 6.45) is 4.09. The second-order valence-corrected chi connectivity index (χ2v) is 6.49. The molecule has 0 saturated heterocycles. The molecule has 0 saturated carbocycles. The molecule has 0 radical (unpaired) electrons. The first kappa shape index (κ1) is 17.9. The molecule has 0 amide bonds. The van der Waals surface area contributed by atoms with Crippen LogP contribution in [0.15, 0.2) is 78.9 Å². The van der Waals surface area contributed by atoms with Crippen molar-refractivity contribution in [3.63, 3.8) is 0 Å². The third kappa shape index (κ3) is 5.06. The number of hydrogen-bond acceptors (Lipinski definition) is 2. The number of benzene rings is 3. The number of methoxy groups -OCH3 is 1. The molecule has 132 valence electrons. The first-order valence-electron chi connectivity index (χ1n) is 9.03. The van der Waals surface area contributed by atoms with Crippen LogP contribution < -0.4 is 0 Å². The van der Waals surface area contributed by atoms with Crippen LogP contribution in [0.3, 0.4) is 0 Å². The highest BCUT2D eigenvalue weighted by Crippen LogP contribution is 2.13. The summed E-state index contributed by atoms with van der Waals surface area (Å²) in [4.78, 5) is 11.5. The van der Waals surface area contributed by atoms with Gasteiger partial charge in [-0.1, -0.05) is 66.7 Å². The molecule has 0 unspecified atom stereocenters. The molecular weight excluding hydrogens is 320 g/mol. The average molecular weight is 344 g/mol. The molecule has 0 fully saturated rings. The van der Waals surface area contributed by atoms with E-state index in [4.69, 9.17) is 4.74 Å². The van der Waals surface area contributed by atoms with Gasteiger partial charge in [-0.15, -0.1) is 0 Å². The zero-order valence-corrected chi connectivity index (χ0v) is 15.2. The Bertz CT molecular complexity index is 836. The van der Waals surface area contributed by atoms with Crippen molar-refractivity contribution in [2.24, 2.45) is 0 Å². The van der Waals surface area contributed by atoms with Crippen molar-refractivity contribution in [1.82, 2.24) is 0 Å². The van der Waals surface area contributed by atoms with Gasteiger partial charge in [0.2, 0.25) is 0 Å². The Hall–Kier alpha value is -2.87. The molecule has 3 aromatic rings. The number of rotatable bonds is 7. The van der Waals surface area contributed by atoms with Gasteiger partial charge in [0.1, 0.15) is 0 Å². The van der Waals surface area contributed by atoms with E-state index in [2.05, 4.69) is 54.6 Å². The molecule has 0 heterocycles. The molecule has 3 aromatic carbocycles. The standard InChI is InChI=1S/C24H24O2/c1-26-24(25)23-16-14-20(15-17-23)11-13-22-9-5-8-21(18-22)12-10-19-6-3-2-4-7-19/h2-9,14-18H,10-13H2,1H3. The topological polar surface area (TPSA) is 26.3 Å². The van der Waals surface area contributed by atoms with Crippen LogP contribution in [0.25, 0.3) is 0 Å². The SMILES string of the molecule is COC(=O)c1ccc(CCc2cccc(CCc3ccccc3)c2)cc1. The van der Waals surface area contributed by atoms with Gasteiger partial charge in [-0.3, -0.25) is 0 Å². The maximum Gasteiger partial charge on any atom is 0.337 e. The number of ether oxygens (including phenoxy) is 1. The molecule has 26 heavy (non-hydrogen) atoms. The number of carbonyl (C=O) groups excluding carboxylic acids is 1. The first-order chi connectivity index (χ1) is 12.7. The van der Waals surface area contributed by atoms with Gasteiger partial charge in [0, 0.05) is 0 Å². The zero-order chi connectivity index (χ0) is 18.2. The Balaban J connectivity index is 1.56. The smallest absolute Gasteiger partial charge is 0.337 e. The molecule has 2 nitrogen and oxygen atoms in total. The van der Waals surface area contributed by atoms with Gasteiger partial charge in [0.15, 0.2) is 0 Å². The minimum Gasteiger partial charge on any atom is -0.465 e. The fraction of sp³-hybridized carbons (Fsp3) is 0.208. The molecule has 0 aliphatic carbocycles. The normalized spacial score (nSPS) is 10.5. The maximum absolute atomic E-state index is 11.5. The number of hydrogen-bond donors (Lipinski definition) is 0.